The molecule has 0 N–H and O–H groups in total. The highest BCUT2D eigenvalue weighted by molar-refractivity contribution is 4.93. The van der Waals surface area contributed by atoms with Crippen molar-refractivity contribution in [1.29, 1.82) is 0 Å². The van der Waals surface area contributed by atoms with Crippen LogP contribution in [0.15, 0.2) is 0 Å². The zero-order chi connectivity index (χ0) is 29.6. The maximum atomic E-state index is 12.3. The van der Waals surface area contributed by atoms with Gasteiger partial charge in [-0.05, 0) is 141 Å². The van der Waals surface area contributed by atoms with Gasteiger partial charge in [-0.1, -0.05) is 28.2 Å². The van der Waals surface area contributed by atoms with Gasteiger partial charge < -0.3 is 0 Å². The molecule has 0 aromatic rings. The molecule has 0 bridgehead atoms. The number of hydrogen-bond acceptors (Lipinski definition) is 4. The first-order valence-corrected chi connectivity index (χ1v) is 15.4. The summed E-state index contributed by atoms with van der Waals surface area (Å²) in [6, 6.07) is 0. The lowest BCUT2D eigenvalue weighted by atomic mass is 9.94. The first kappa shape index (κ1) is 41.8. The molecule has 0 aliphatic carbocycles. The molecule has 0 amide bonds. The molecule has 0 aromatic carbocycles. The number of hydrogen-bond donors (Lipinski definition) is 0. The van der Waals surface area contributed by atoms with Crippen LogP contribution in [-0.2, 0) is 0 Å². The second-order valence-corrected chi connectivity index (χ2v) is 16.1. The number of rotatable bonds is 0. The van der Waals surface area contributed by atoms with E-state index < -0.39 is 5.92 Å². The van der Waals surface area contributed by atoms with Gasteiger partial charge in [0.25, 0.3) is 5.92 Å². The lowest BCUT2D eigenvalue weighted by Crippen LogP contribution is -2.62. The Morgan fingerprint density at radius 3 is 0.900 bits per heavy atom. The van der Waals surface area contributed by atoms with Crippen molar-refractivity contribution in [3.63, 3.8) is 0 Å². The van der Waals surface area contributed by atoms with Crippen molar-refractivity contribution in [1.82, 2.24) is 19.6 Å². The normalized spacial score (nSPS) is 22.9. The van der Waals surface area contributed by atoms with Crippen LogP contribution in [0.2, 0.25) is 0 Å². The van der Waals surface area contributed by atoms with E-state index in [2.05, 4.69) is 83.9 Å². The number of alkyl halides is 2. The molecule has 0 spiro atoms. The van der Waals surface area contributed by atoms with Crippen LogP contribution in [0.25, 0.3) is 0 Å². The van der Waals surface area contributed by atoms with Gasteiger partial charge in [0.05, 0.1) is 13.1 Å². The van der Waals surface area contributed by atoms with Crippen molar-refractivity contribution in [3.8, 4) is 0 Å². The molecule has 4 aliphatic heterocycles. The van der Waals surface area contributed by atoms with Gasteiger partial charge in [-0.15, -0.1) is 0 Å². The average Bonchev–Trinajstić information content (AvgIpc) is 3.25. The van der Waals surface area contributed by atoms with Crippen LogP contribution in [-0.4, -0.2) is 100 Å². The molecular formula is C34H74F2N4. The maximum absolute atomic E-state index is 12.3. The molecule has 0 atom stereocenters. The molecule has 0 aromatic heterocycles. The minimum Gasteiger partial charge on any atom is -0.298 e. The lowest BCUT2D eigenvalue weighted by molar-refractivity contribution is -0.160. The highest BCUT2D eigenvalue weighted by atomic mass is 19.3. The fourth-order valence-corrected chi connectivity index (χ4v) is 5.19. The lowest BCUT2D eigenvalue weighted by Gasteiger charge is -2.47. The number of halogens is 2. The predicted octanol–water partition coefficient (Wildman–Crippen LogP) is 8.90. The Bertz CT molecular complexity index is 641. The molecule has 4 nitrogen and oxygen atoms in total. The van der Waals surface area contributed by atoms with Crippen molar-refractivity contribution in [3.05, 3.63) is 0 Å². The molecular weight excluding hydrogens is 502 g/mol. The fraction of sp³-hybridized carbons (Fsp3) is 1.00. The Morgan fingerprint density at radius 2 is 0.750 bits per heavy atom. The van der Waals surface area contributed by atoms with Gasteiger partial charge in [0, 0.05) is 35.2 Å². The molecule has 4 fully saturated rings. The van der Waals surface area contributed by atoms with Crippen LogP contribution in [0, 0.1) is 5.92 Å². The van der Waals surface area contributed by atoms with Crippen LogP contribution in [0.4, 0.5) is 8.78 Å². The summed E-state index contributed by atoms with van der Waals surface area (Å²) in [5, 5.41) is 0. The SMILES string of the molecule is C.C.CC(C)(C)N1CC(F)(F)C1.CC(C)(C)N1CCCC1.CC(C)(C)N1CCCCC1.CC1CN(C(C)(C)C)C1. The molecule has 40 heavy (non-hydrogen) atoms. The third kappa shape index (κ3) is 15.8. The first-order valence-electron chi connectivity index (χ1n) is 15.4. The standard InChI is InChI=1S/C9H19N.2C8H17N.C7H13F2N.2CH4/c1-9(2,3)10-7-5-4-6-8-10;1-7-5-9(6-7)8(2,3)4;1-8(2,3)9-6-4-5-7-9;1-6(2,3)10-4-7(8,9)5-10;;/h4-8H2,1-3H3;7H,5-6H2,1-4H3;4-7H2,1-3H3;4-5H2,1-3H3;2*1H4. The van der Waals surface area contributed by atoms with Gasteiger partial charge >= 0.3 is 0 Å². The summed E-state index contributed by atoms with van der Waals surface area (Å²) in [4.78, 5) is 9.41. The summed E-state index contributed by atoms with van der Waals surface area (Å²) < 4.78 is 24.6. The van der Waals surface area contributed by atoms with Crippen molar-refractivity contribution in [2.24, 2.45) is 5.92 Å². The monoisotopic (exact) mass is 577 g/mol. The molecule has 4 rings (SSSR count). The third-order valence-corrected chi connectivity index (χ3v) is 8.17. The van der Waals surface area contributed by atoms with E-state index in [1.807, 2.05) is 20.8 Å². The van der Waals surface area contributed by atoms with Gasteiger partial charge in [0.2, 0.25) is 0 Å². The van der Waals surface area contributed by atoms with Crippen LogP contribution in [0.3, 0.4) is 0 Å². The summed E-state index contributed by atoms with van der Waals surface area (Å²) in [7, 11) is 0. The summed E-state index contributed by atoms with van der Waals surface area (Å²) in [6.45, 7) is 36.4. The van der Waals surface area contributed by atoms with E-state index in [1.54, 1.807) is 4.90 Å². The van der Waals surface area contributed by atoms with Gasteiger partial charge in [-0.25, -0.2) is 8.78 Å². The zero-order valence-electron chi connectivity index (χ0n) is 27.8. The average molecular weight is 577 g/mol. The molecule has 0 radical (unpaired) electrons. The topological polar surface area (TPSA) is 13.0 Å². The highest BCUT2D eigenvalue weighted by Gasteiger charge is 2.47. The molecule has 0 saturated carbocycles. The third-order valence-electron chi connectivity index (χ3n) is 8.17. The number of piperidine rings is 1. The summed E-state index contributed by atoms with van der Waals surface area (Å²) in [5.41, 5.74) is 1.13. The van der Waals surface area contributed by atoms with E-state index in [1.165, 1.54) is 71.4 Å². The minimum absolute atomic E-state index is 0. The smallest absolute Gasteiger partial charge is 0.272 e. The van der Waals surface area contributed by atoms with Gasteiger partial charge in [0.15, 0.2) is 0 Å². The number of likely N-dealkylation sites (tertiary alicyclic amines) is 4. The van der Waals surface area contributed by atoms with Crippen LogP contribution >= 0.6 is 0 Å². The van der Waals surface area contributed by atoms with Crippen LogP contribution in [0.1, 0.15) is 137 Å². The highest BCUT2D eigenvalue weighted by Crippen LogP contribution is 2.32. The Kier molecular flexibility index (Phi) is 17.3. The van der Waals surface area contributed by atoms with Crippen molar-refractivity contribution in [2.75, 3.05) is 52.4 Å². The van der Waals surface area contributed by atoms with E-state index in [0.29, 0.717) is 16.6 Å². The predicted molar refractivity (Wildman–Crippen MR) is 176 cm³/mol. The quantitative estimate of drug-likeness (QED) is 0.285. The molecule has 4 heterocycles. The zero-order valence-corrected chi connectivity index (χ0v) is 27.8. The largest absolute Gasteiger partial charge is 0.298 e. The summed E-state index contributed by atoms with van der Waals surface area (Å²) in [6.07, 6.45) is 7.04. The van der Waals surface area contributed by atoms with Crippen LogP contribution < -0.4 is 0 Å². The van der Waals surface area contributed by atoms with Gasteiger partial charge in [-0.3, -0.25) is 19.6 Å². The first-order chi connectivity index (χ1) is 17.0. The van der Waals surface area contributed by atoms with Gasteiger partial charge in [0.1, 0.15) is 0 Å². The van der Waals surface area contributed by atoms with E-state index in [-0.39, 0.29) is 33.5 Å². The van der Waals surface area contributed by atoms with E-state index in [0.717, 1.165) is 5.92 Å². The second-order valence-electron chi connectivity index (χ2n) is 16.1. The Morgan fingerprint density at radius 1 is 0.475 bits per heavy atom. The van der Waals surface area contributed by atoms with Crippen molar-refractivity contribution in [2.45, 2.75) is 165 Å². The maximum Gasteiger partial charge on any atom is 0.272 e. The Hall–Kier alpha value is -0.300. The van der Waals surface area contributed by atoms with E-state index in [4.69, 9.17) is 0 Å². The van der Waals surface area contributed by atoms with Crippen molar-refractivity contribution >= 4 is 0 Å². The second kappa shape index (κ2) is 16.5. The van der Waals surface area contributed by atoms with E-state index >= 15 is 0 Å². The molecule has 4 saturated heterocycles. The molecule has 4 aliphatic rings. The van der Waals surface area contributed by atoms with E-state index in [9.17, 15) is 8.78 Å². The summed E-state index contributed by atoms with van der Waals surface area (Å²) >= 11 is 0. The summed E-state index contributed by atoms with van der Waals surface area (Å²) in [5.74, 6) is -1.49. The molecule has 6 heteroatoms. The Labute approximate surface area is 251 Å². The minimum atomic E-state index is -2.42. The fourth-order valence-electron chi connectivity index (χ4n) is 5.19. The van der Waals surface area contributed by atoms with Crippen molar-refractivity contribution < 1.29 is 8.78 Å². The van der Waals surface area contributed by atoms with Crippen LogP contribution in [0.5, 0.6) is 0 Å². The Balaban J connectivity index is 0. The molecule has 0 unspecified atom stereocenters. The number of nitrogens with zero attached hydrogens (tertiary/aromatic N) is 4. The van der Waals surface area contributed by atoms with Gasteiger partial charge in [-0.2, -0.15) is 0 Å². The molecule has 244 valence electrons.